The molecule has 2 aliphatic heterocycles. The van der Waals surface area contributed by atoms with Crippen LogP contribution in [0.1, 0.15) is 55.3 Å². The lowest BCUT2D eigenvalue weighted by Gasteiger charge is -2.44. The Morgan fingerprint density at radius 2 is 1.74 bits per heavy atom. The number of rotatable bonds is 10. The number of aliphatic carboxylic acids is 3. The van der Waals surface area contributed by atoms with E-state index in [1.54, 1.807) is 6.07 Å². The second-order valence-electron chi connectivity index (χ2n) is 10.2. The van der Waals surface area contributed by atoms with E-state index in [9.17, 15) is 23.9 Å². The van der Waals surface area contributed by atoms with E-state index in [2.05, 4.69) is 23.5 Å². The maximum atomic E-state index is 13.6. The number of aromatic nitrogens is 2. The molecule has 2 unspecified atom stereocenters. The molecule has 0 radical (unpaired) electrons. The molecular formula is C27H34FN3O8. The van der Waals surface area contributed by atoms with Crippen molar-refractivity contribution in [3.05, 3.63) is 65.8 Å². The van der Waals surface area contributed by atoms with Crippen LogP contribution in [0.3, 0.4) is 0 Å². The number of benzene rings is 1. The zero-order valence-corrected chi connectivity index (χ0v) is 21.7. The van der Waals surface area contributed by atoms with Crippen LogP contribution < -0.4 is 0 Å². The van der Waals surface area contributed by atoms with E-state index in [-0.39, 0.29) is 5.82 Å². The predicted octanol–water partition coefficient (Wildman–Crippen LogP) is 2.28. The topological polar surface area (TPSA) is 173 Å². The van der Waals surface area contributed by atoms with Crippen LogP contribution in [0, 0.1) is 12.7 Å². The second-order valence-corrected chi connectivity index (χ2v) is 10.2. The highest BCUT2D eigenvalue weighted by Crippen LogP contribution is 2.46. The van der Waals surface area contributed by atoms with Gasteiger partial charge in [-0.15, -0.1) is 6.58 Å². The molecule has 2 saturated heterocycles. The highest BCUT2D eigenvalue weighted by atomic mass is 19.1. The second kappa shape index (κ2) is 12.1. The average Bonchev–Trinajstić information content (AvgIpc) is 3.29. The first kappa shape index (κ1) is 29.9. The van der Waals surface area contributed by atoms with Gasteiger partial charge in [-0.2, -0.15) is 5.10 Å². The van der Waals surface area contributed by atoms with E-state index in [4.69, 9.17) is 20.4 Å². The minimum Gasteiger partial charge on any atom is -0.481 e. The molecule has 2 aliphatic rings. The maximum absolute atomic E-state index is 13.6. The predicted molar refractivity (Wildman–Crippen MR) is 136 cm³/mol. The van der Waals surface area contributed by atoms with Gasteiger partial charge in [0.15, 0.2) is 5.60 Å². The summed E-state index contributed by atoms with van der Waals surface area (Å²) in [6.07, 6.45) is 5.01. The first-order chi connectivity index (χ1) is 18.3. The first-order valence-electron chi connectivity index (χ1n) is 12.5. The molecule has 1 aromatic carbocycles. The number of fused-ring (bicyclic) bond motifs is 2. The van der Waals surface area contributed by atoms with Crippen LogP contribution in [-0.2, 0) is 33.1 Å². The van der Waals surface area contributed by atoms with Crippen molar-refractivity contribution >= 4 is 17.9 Å². The van der Waals surface area contributed by atoms with Crippen LogP contribution in [0.5, 0.6) is 0 Å². The molecule has 2 atom stereocenters. The Balaban J connectivity index is 0.000000276. The lowest BCUT2D eigenvalue weighted by molar-refractivity contribution is -0.170. The third-order valence-corrected chi connectivity index (χ3v) is 7.42. The molecule has 11 nitrogen and oxygen atoms in total. The van der Waals surface area contributed by atoms with Crippen molar-refractivity contribution in [2.24, 2.45) is 0 Å². The molecule has 0 aliphatic carbocycles. The quantitative estimate of drug-likeness (QED) is 0.278. The molecular weight excluding hydrogens is 513 g/mol. The summed E-state index contributed by atoms with van der Waals surface area (Å²) in [4.78, 5) is 33.0. The van der Waals surface area contributed by atoms with Crippen molar-refractivity contribution in [2.45, 2.75) is 81.8 Å². The zero-order valence-electron chi connectivity index (χ0n) is 21.7. The third-order valence-electron chi connectivity index (χ3n) is 7.42. The van der Waals surface area contributed by atoms with Crippen molar-refractivity contribution in [2.75, 3.05) is 0 Å². The van der Waals surface area contributed by atoms with Crippen molar-refractivity contribution < 1.29 is 44.3 Å². The summed E-state index contributed by atoms with van der Waals surface area (Å²) in [5, 5.41) is 49.5. The summed E-state index contributed by atoms with van der Waals surface area (Å²) >= 11 is 0. The van der Waals surface area contributed by atoms with Crippen molar-refractivity contribution in [3.8, 4) is 0 Å². The van der Waals surface area contributed by atoms with Gasteiger partial charge in [0.2, 0.25) is 0 Å². The fraction of sp³-hybridized carbons (Fsp3) is 0.481. The fourth-order valence-electron chi connectivity index (χ4n) is 5.45. The van der Waals surface area contributed by atoms with Gasteiger partial charge in [0, 0.05) is 29.9 Å². The Hall–Kier alpha value is -3.61. The Labute approximate surface area is 224 Å². The van der Waals surface area contributed by atoms with Gasteiger partial charge in [0.25, 0.3) is 0 Å². The van der Waals surface area contributed by atoms with Crippen molar-refractivity contribution in [1.29, 1.82) is 0 Å². The van der Waals surface area contributed by atoms with Crippen LogP contribution in [0.4, 0.5) is 4.39 Å². The minimum absolute atomic E-state index is 0.282. The number of nitrogens with zero attached hydrogens (tertiary/aromatic N) is 3. The number of aliphatic hydroxyl groups is 2. The molecule has 3 heterocycles. The number of allylic oxidation sites excluding steroid dienone is 1. The van der Waals surface area contributed by atoms with Crippen LogP contribution in [0.15, 0.2) is 43.1 Å². The van der Waals surface area contributed by atoms with Crippen molar-refractivity contribution in [1.82, 2.24) is 14.7 Å². The van der Waals surface area contributed by atoms with E-state index in [1.807, 2.05) is 23.0 Å². The standard InChI is InChI=1S/C21H26FN3O.C6H8O7/c1-3-9-25-15(2)16(13-23-25)14-24-19-7-8-20(24)12-21(26,11-19)17-5-4-6-18(22)10-17;7-3(8)1-6(13,5(11)12)2-4(9)10/h3-6,10,13,19-20,26H,1,7-9,11-12,14H2,2H3;13H,1-2H2,(H,7,8)(H,9,10)(H,11,12). The number of piperidine rings is 1. The summed E-state index contributed by atoms with van der Waals surface area (Å²) in [7, 11) is 0. The lowest BCUT2D eigenvalue weighted by atomic mass is 9.80. The molecule has 0 spiro atoms. The van der Waals surface area contributed by atoms with E-state index in [0.29, 0.717) is 30.5 Å². The van der Waals surface area contributed by atoms with Crippen LogP contribution in [0.25, 0.3) is 0 Å². The van der Waals surface area contributed by atoms with Gasteiger partial charge in [-0.05, 0) is 50.3 Å². The van der Waals surface area contributed by atoms with Crippen LogP contribution >= 0.6 is 0 Å². The van der Waals surface area contributed by atoms with Gasteiger partial charge in [0.05, 0.1) is 31.2 Å². The fourth-order valence-corrected chi connectivity index (χ4v) is 5.45. The molecule has 2 aromatic rings. The van der Waals surface area contributed by atoms with Gasteiger partial charge >= 0.3 is 17.9 Å². The Kier molecular flexibility index (Phi) is 9.26. The SMILES string of the molecule is C=CCn1ncc(CN2C3CCC2CC(O)(c2cccc(F)c2)C3)c1C.O=C(O)CC(O)(CC(=O)O)C(=O)O. The van der Waals surface area contributed by atoms with E-state index < -0.39 is 42.0 Å². The Morgan fingerprint density at radius 3 is 2.23 bits per heavy atom. The monoisotopic (exact) mass is 547 g/mol. The van der Waals surface area contributed by atoms with Gasteiger partial charge in [-0.1, -0.05) is 18.2 Å². The van der Waals surface area contributed by atoms with Gasteiger partial charge in [-0.25, -0.2) is 9.18 Å². The molecule has 1 aromatic heterocycles. The van der Waals surface area contributed by atoms with Crippen molar-refractivity contribution in [3.63, 3.8) is 0 Å². The summed E-state index contributed by atoms with van der Waals surface area (Å²) in [5.41, 5.74) is -0.538. The number of carboxylic acids is 3. The van der Waals surface area contributed by atoms with Crippen LogP contribution in [-0.4, -0.2) is 75.8 Å². The molecule has 2 fully saturated rings. The minimum atomic E-state index is -2.74. The Morgan fingerprint density at radius 1 is 1.15 bits per heavy atom. The molecule has 12 heteroatoms. The number of hydrogen-bond acceptors (Lipinski definition) is 7. The number of carbonyl (C=O) groups is 3. The number of carboxylic acid groups (broad SMARTS) is 3. The largest absolute Gasteiger partial charge is 0.481 e. The molecule has 0 saturated carbocycles. The van der Waals surface area contributed by atoms with Crippen LogP contribution in [0.2, 0.25) is 0 Å². The average molecular weight is 548 g/mol. The van der Waals surface area contributed by atoms with E-state index >= 15 is 0 Å². The highest BCUT2D eigenvalue weighted by molar-refractivity contribution is 5.88. The van der Waals surface area contributed by atoms with Gasteiger partial charge in [-0.3, -0.25) is 19.2 Å². The molecule has 5 N–H and O–H groups in total. The van der Waals surface area contributed by atoms with Gasteiger partial charge < -0.3 is 25.5 Å². The molecule has 212 valence electrons. The van der Waals surface area contributed by atoms with Gasteiger partial charge in [0.1, 0.15) is 5.82 Å². The number of halogens is 1. The van der Waals surface area contributed by atoms with E-state index in [1.165, 1.54) is 23.4 Å². The maximum Gasteiger partial charge on any atom is 0.336 e. The summed E-state index contributed by atoms with van der Waals surface area (Å²) < 4.78 is 15.6. The molecule has 39 heavy (non-hydrogen) atoms. The summed E-state index contributed by atoms with van der Waals surface area (Å²) in [5.74, 6) is -5.30. The third kappa shape index (κ3) is 7.08. The smallest absolute Gasteiger partial charge is 0.336 e. The Bertz CT molecular complexity index is 1200. The normalized spacial score (nSPS) is 22.6. The molecule has 0 amide bonds. The first-order valence-corrected chi connectivity index (χ1v) is 12.5. The lowest BCUT2D eigenvalue weighted by Crippen LogP contribution is -2.49. The zero-order chi connectivity index (χ0) is 29.0. The molecule has 2 bridgehead atoms. The highest BCUT2D eigenvalue weighted by Gasteiger charge is 2.48. The van der Waals surface area contributed by atoms with E-state index in [0.717, 1.165) is 25.9 Å². The number of hydrogen-bond donors (Lipinski definition) is 5. The summed E-state index contributed by atoms with van der Waals surface area (Å²) in [6, 6.07) is 7.10. The summed E-state index contributed by atoms with van der Waals surface area (Å²) in [6.45, 7) is 7.46. The molecule has 4 rings (SSSR count).